The van der Waals surface area contributed by atoms with E-state index in [4.69, 9.17) is 9.47 Å². The predicted molar refractivity (Wildman–Crippen MR) is 138 cm³/mol. The first kappa shape index (κ1) is 28.7. The van der Waals surface area contributed by atoms with E-state index in [0.29, 0.717) is 29.4 Å². The van der Waals surface area contributed by atoms with Crippen LogP contribution in [-0.4, -0.2) is 28.1 Å². The van der Waals surface area contributed by atoms with E-state index in [1.807, 2.05) is 27.7 Å². The molecule has 32 heavy (non-hydrogen) atoms. The van der Waals surface area contributed by atoms with Gasteiger partial charge in [0.1, 0.15) is 11.9 Å². The summed E-state index contributed by atoms with van der Waals surface area (Å²) in [4.78, 5) is 4.11. The molecule has 1 unspecified atom stereocenters. The molecule has 10 heteroatoms. The maximum absolute atomic E-state index is 12.9. The number of nitrogens with zero attached hydrogens (tertiary/aromatic N) is 3. The molecule has 0 N–H and O–H groups in total. The number of hydrogen-bond acceptors (Lipinski definition) is 4. The Kier molecular flexibility index (Phi) is 12.0. The summed E-state index contributed by atoms with van der Waals surface area (Å²) in [6, 6.07) is 5.26. The van der Waals surface area contributed by atoms with Gasteiger partial charge in [-0.3, -0.25) is 4.68 Å². The van der Waals surface area contributed by atoms with Gasteiger partial charge in [0.25, 0.3) is 0 Å². The second-order valence-electron chi connectivity index (χ2n) is 6.89. The number of aromatic nitrogens is 3. The Balaban J connectivity index is 0.00000121. The number of ether oxygens (including phenoxy) is 2. The molecule has 2 aromatic heterocycles. The summed E-state index contributed by atoms with van der Waals surface area (Å²) in [5, 5.41) is 4.49. The van der Waals surface area contributed by atoms with Crippen molar-refractivity contribution in [1.82, 2.24) is 14.8 Å². The number of halogens is 5. The Labute approximate surface area is 210 Å². The quantitative estimate of drug-likeness (QED) is 0.232. The van der Waals surface area contributed by atoms with E-state index < -0.39 is 11.7 Å². The van der Waals surface area contributed by atoms with Gasteiger partial charge in [0.15, 0.2) is 0 Å². The molecule has 0 fully saturated rings. The molecular formula is C22H28F3I2N3O2. The lowest BCUT2D eigenvalue weighted by molar-refractivity contribution is -0.0877. The summed E-state index contributed by atoms with van der Waals surface area (Å²) in [7, 11) is 1.53. The third kappa shape index (κ3) is 7.63. The second kappa shape index (κ2) is 13.4. The average molecular weight is 677 g/mol. The van der Waals surface area contributed by atoms with Gasteiger partial charge in [-0.1, -0.05) is 34.3 Å². The molecule has 2 aromatic rings. The molecule has 3 rings (SSSR count). The monoisotopic (exact) mass is 677 g/mol. The Morgan fingerprint density at radius 1 is 1.28 bits per heavy atom. The number of aryl methyl sites for hydroxylation is 1. The first-order chi connectivity index (χ1) is 15.2. The van der Waals surface area contributed by atoms with Crippen LogP contribution in [0.1, 0.15) is 51.6 Å². The molecule has 0 saturated heterocycles. The van der Waals surface area contributed by atoms with Crippen molar-refractivity contribution in [3.63, 3.8) is 0 Å². The van der Waals surface area contributed by atoms with E-state index in [1.54, 1.807) is 29.1 Å². The summed E-state index contributed by atoms with van der Waals surface area (Å²) in [6.07, 6.45) is -1.33. The minimum Gasteiger partial charge on any atom is -0.482 e. The van der Waals surface area contributed by atoms with Crippen LogP contribution in [0.2, 0.25) is 0 Å². The minimum absolute atomic E-state index is 0.139. The Hall–Kier alpha value is -1.31. The van der Waals surface area contributed by atoms with E-state index in [1.165, 1.54) is 7.11 Å². The van der Waals surface area contributed by atoms with Gasteiger partial charge in [-0.2, -0.15) is 18.3 Å². The van der Waals surface area contributed by atoms with Crippen molar-refractivity contribution in [3.05, 3.63) is 54.0 Å². The molecule has 3 heterocycles. The summed E-state index contributed by atoms with van der Waals surface area (Å²) in [5.41, 5.74) is 0.946. The number of fused-ring (bicyclic) bond motifs is 1. The Morgan fingerprint density at radius 2 is 1.94 bits per heavy atom. The van der Waals surface area contributed by atoms with Crippen LogP contribution < -0.4 is 9.47 Å². The number of rotatable bonds is 6. The highest BCUT2D eigenvalue weighted by Gasteiger charge is 2.32. The summed E-state index contributed by atoms with van der Waals surface area (Å²) in [6.45, 7) is 11.4. The summed E-state index contributed by atoms with van der Waals surface area (Å²) in [5.74, 6) is 0.940. The van der Waals surface area contributed by atoms with Gasteiger partial charge in [-0.15, -0.1) is 0 Å². The Morgan fingerprint density at radius 3 is 2.44 bits per heavy atom. The van der Waals surface area contributed by atoms with Crippen LogP contribution in [0.3, 0.4) is 0 Å². The normalized spacial score (nSPS) is 15.2. The minimum atomic E-state index is -4.46. The van der Waals surface area contributed by atoms with Crippen molar-refractivity contribution >= 4 is 42.8 Å². The fourth-order valence-electron chi connectivity index (χ4n) is 3.04. The van der Waals surface area contributed by atoms with Crippen LogP contribution in [0.5, 0.6) is 11.6 Å². The van der Waals surface area contributed by atoms with Gasteiger partial charge in [-0.05, 0) is 29.7 Å². The molecular weight excluding hydrogens is 649 g/mol. The first-order valence-electron chi connectivity index (χ1n) is 10.1. The van der Waals surface area contributed by atoms with E-state index in [0.717, 1.165) is 18.2 Å². The van der Waals surface area contributed by atoms with E-state index in [9.17, 15) is 13.2 Å². The topological polar surface area (TPSA) is 49.2 Å². The Bertz CT molecular complexity index is 895. The van der Waals surface area contributed by atoms with Crippen molar-refractivity contribution in [3.8, 4) is 11.6 Å². The van der Waals surface area contributed by atoms with E-state index in [-0.39, 0.29) is 12.0 Å². The fourth-order valence-corrected chi connectivity index (χ4v) is 3.04. The number of methoxy groups -OCH3 is 1. The molecule has 1 aliphatic rings. The number of alkyl halides is 3. The average Bonchev–Trinajstić information content (AvgIpc) is 3.36. The molecule has 0 aromatic carbocycles. The number of allylic oxidation sites excluding steroid dienone is 3. The molecule has 0 spiro atoms. The van der Waals surface area contributed by atoms with E-state index in [2.05, 4.69) is 53.9 Å². The molecule has 5 nitrogen and oxygen atoms in total. The molecule has 0 radical (unpaired) electrons. The van der Waals surface area contributed by atoms with Gasteiger partial charge in [0.05, 0.1) is 24.7 Å². The van der Waals surface area contributed by atoms with Crippen LogP contribution in [-0.2, 0) is 6.54 Å². The van der Waals surface area contributed by atoms with Crippen LogP contribution in [0.4, 0.5) is 13.2 Å². The van der Waals surface area contributed by atoms with Gasteiger partial charge in [-0.25, -0.2) is 4.98 Å². The third-order valence-electron chi connectivity index (χ3n) is 4.55. The number of hydrogen-bond donors (Lipinski definition) is 0. The SMILES string of the molecule is C=C(/C=C(/c1cc2n(n1)CCC2Oc1ccc(OC)nc1)C(C)C)C(F)(F)F.CC.II. The molecule has 0 amide bonds. The number of pyridine rings is 1. The lowest BCUT2D eigenvalue weighted by Crippen LogP contribution is -2.10. The van der Waals surface area contributed by atoms with Gasteiger partial charge in [0, 0.05) is 61.8 Å². The standard InChI is InChI=1S/C20H22F3N3O2.C2H6.I2/c1-12(2)15(9-13(3)20(21,22)23)16-10-17-18(7-8-26(17)25-16)28-14-5-6-19(27-4)24-11-14;2*1-2/h5-6,9-12,18H,3,7-8H2,1-2,4H3;1-2H3;/b15-9+;;. The van der Waals surface area contributed by atoms with Crippen LogP contribution in [0.15, 0.2) is 42.6 Å². The zero-order valence-electron chi connectivity index (χ0n) is 18.7. The van der Waals surface area contributed by atoms with Gasteiger partial charge < -0.3 is 9.47 Å². The highest BCUT2D eigenvalue weighted by Crippen LogP contribution is 2.35. The fraction of sp³-hybridized carbons (Fsp3) is 0.455. The molecule has 178 valence electrons. The summed E-state index contributed by atoms with van der Waals surface area (Å²) < 4.78 is 51.5. The van der Waals surface area contributed by atoms with Crippen LogP contribution in [0, 0.1) is 5.92 Å². The molecule has 1 atom stereocenters. The maximum Gasteiger partial charge on any atom is 0.415 e. The lowest BCUT2D eigenvalue weighted by atomic mass is 9.97. The highest BCUT2D eigenvalue weighted by atomic mass is 128. The first-order valence-corrected chi connectivity index (χ1v) is 16.3. The smallest absolute Gasteiger partial charge is 0.415 e. The van der Waals surface area contributed by atoms with Gasteiger partial charge in [0.2, 0.25) is 5.88 Å². The van der Waals surface area contributed by atoms with Gasteiger partial charge >= 0.3 is 6.18 Å². The zero-order valence-corrected chi connectivity index (χ0v) is 23.0. The van der Waals surface area contributed by atoms with Crippen molar-refractivity contribution in [2.75, 3.05) is 7.11 Å². The summed E-state index contributed by atoms with van der Waals surface area (Å²) >= 11 is 4.24. The van der Waals surface area contributed by atoms with Crippen LogP contribution >= 0.6 is 37.2 Å². The molecule has 0 aliphatic carbocycles. The third-order valence-corrected chi connectivity index (χ3v) is 4.55. The second-order valence-corrected chi connectivity index (χ2v) is 6.89. The molecule has 0 bridgehead atoms. The maximum atomic E-state index is 12.9. The van der Waals surface area contributed by atoms with Crippen molar-refractivity contribution in [2.45, 2.75) is 52.9 Å². The zero-order chi connectivity index (χ0) is 24.5. The molecule has 1 aliphatic heterocycles. The molecule has 0 saturated carbocycles. The van der Waals surface area contributed by atoms with Crippen molar-refractivity contribution in [1.29, 1.82) is 0 Å². The highest BCUT2D eigenvalue weighted by molar-refractivity contribution is 15.0. The van der Waals surface area contributed by atoms with Crippen LogP contribution in [0.25, 0.3) is 5.57 Å². The van der Waals surface area contributed by atoms with Crippen molar-refractivity contribution in [2.24, 2.45) is 5.92 Å². The lowest BCUT2D eigenvalue weighted by Gasteiger charge is -2.14. The largest absolute Gasteiger partial charge is 0.482 e. The van der Waals surface area contributed by atoms with E-state index >= 15 is 0 Å². The predicted octanol–water partition coefficient (Wildman–Crippen LogP) is 7.77. The van der Waals surface area contributed by atoms with Crippen molar-refractivity contribution < 1.29 is 22.6 Å².